The van der Waals surface area contributed by atoms with Gasteiger partial charge in [-0.05, 0) is 122 Å². The van der Waals surface area contributed by atoms with Crippen LogP contribution in [0.1, 0.15) is 47.2 Å². The molecule has 1 spiro atoms. The molecular formula is C62H42N2O. The summed E-state index contributed by atoms with van der Waals surface area (Å²) in [6.45, 7) is 4.70. The van der Waals surface area contributed by atoms with Gasteiger partial charge in [-0.15, -0.1) is 0 Å². The largest absolute Gasteiger partial charge is 0.457 e. The van der Waals surface area contributed by atoms with E-state index in [4.69, 9.17) is 4.74 Å². The van der Waals surface area contributed by atoms with Crippen LogP contribution in [0.25, 0.3) is 60.5 Å². The van der Waals surface area contributed by atoms with E-state index in [1.807, 2.05) is 0 Å². The lowest BCUT2D eigenvalue weighted by Crippen LogP contribution is -2.36. The molecule has 0 radical (unpaired) electrons. The van der Waals surface area contributed by atoms with E-state index in [2.05, 4.69) is 242 Å². The van der Waals surface area contributed by atoms with Gasteiger partial charge >= 0.3 is 0 Å². The van der Waals surface area contributed by atoms with E-state index in [9.17, 15) is 0 Å². The average Bonchev–Trinajstić information content (AvgIpc) is 3.80. The molecule has 0 unspecified atom stereocenters. The van der Waals surface area contributed by atoms with Gasteiger partial charge < -0.3 is 14.2 Å². The van der Waals surface area contributed by atoms with Gasteiger partial charge in [-0.3, -0.25) is 0 Å². The fourth-order valence-electron chi connectivity index (χ4n) is 12.1. The Morgan fingerprint density at radius 2 is 0.985 bits per heavy atom. The number of nitrogens with zero attached hydrogens (tertiary/aromatic N) is 2. The third-order valence-corrected chi connectivity index (χ3v) is 14.8. The van der Waals surface area contributed by atoms with E-state index < -0.39 is 5.41 Å². The zero-order valence-electron chi connectivity index (χ0n) is 36.1. The Hall–Kier alpha value is -8.14. The third-order valence-electron chi connectivity index (χ3n) is 14.8. The maximum Gasteiger partial charge on any atom is 0.132 e. The summed E-state index contributed by atoms with van der Waals surface area (Å²) < 4.78 is 9.25. The molecule has 3 nitrogen and oxygen atoms in total. The normalized spacial score (nSPS) is 14.4. The maximum absolute atomic E-state index is 6.77. The van der Waals surface area contributed by atoms with Gasteiger partial charge in [-0.1, -0.05) is 166 Å². The van der Waals surface area contributed by atoms with Gasteiger partial charge in [0.2, 0.25) is 0 Å². The Bertz CT molecular complexity index is 3750. The van der Waals surface area contributed by atoms with Crippen LogP contribution in [0.3, 0.4) is 0 Å². The van der Waals surface area contributed by atoms with Gasteiger partial charge in [-0.25, -0.2) is 0 Å². The highest BCUT2D eigenvalue weighted by Gasteiger charge is 2.49. The molecule has 0 fully saturated rings. The molecule has 10 aromatic carbocycles. The van der Waals surface area contributed by atoms with Crippen molar-refractivity contribution in [2.75, 3.05) is 4.90 Å². The van der Waals surface area contributed by atoms with Crippen LogP contribution in [0.5, 0.6) is 11.5 Å². The zero-order valence-corrected chi connectivity index (χ0v) is 36.1. The minimum atomic E-state index is -0.649. The second kappa shape index (κ2) is 13.2. The van der Waals surface area contributed by atoms with Crippen molar-refractivity contribution >= 4 is 49.6 Å². The van der Waals surface area contributed by atoms with Gasteiger partial charge in [0.25, 0.3) is 0 Å². The van der Waals surface area contributed by atoms with Crippen LogP contribution < -0.4 is 9.64 Å². The molecule has 14 rings (SSSR count). The number of ether oxygens (including phenoxy) is 1. The first-order chi connectivity index (χ1) is 32.0. The monoisotopic (exact) mass is 830 g/mol. The molecule has 0 N–H and O–H groups in total. The minimum Gasteiger partial charge on any atom is -0.457 e. The summed E-state index contributed by atoms with van der Waals surface area (Å²) in [6, 6.07) is 80.8. The van der Waals surface area contributed by atoms with Crippen molar-refractivity contribution in [3.8, 4) is 39.4 Å². The van der Waals surface area contributed by atoms with Crippen LogP contribution in [-0.2, 0) is 10.8 Å². The standard InChI is InChI=1S/C62H42N2O/c1-61(2)50-23-8-6-20-44(50)49-36-41(32-35-51(49)61)64-56-27-11-7-21-46(56)47-34-31-43(38-57(47)64)63(40-18-4-3-5-19-40)42-30-33-45-48-22-14-16-39-17-15-26-54(60(39)48)62(55(45)37-42)52-24-9-12-28-58(52)65-59-29-13-10-25-53(59)62/h3-38H,1-2H3. The van der Waals surface area contributed by atoms with Crippen molar-refractivity contribution in [1.29, 1.82) is 0 Å². The molecule has 1 aliphatic heterocycles. The predicted octanol–water partition coefficient (Wildman–Crippen LogP) is 16.2. The highest BCUT2D eigenvalue weighted by molar-refractivity contribution is 6.11. The van der Waals surface area contributed by atoms with Crippen LogP contribution in [0, 0.1) is 0 Å². The molecular weight excluding hydrogens is 789 g/mol. The maximum atomic E-state index is 6.77. The van der Waals surface area contributed by atoms with E-state index in [-0.39, 0.29) is 5.41 Å². The third kappa shape index (κ3) is 4.85. The number of hydrogen-bond acceptors (Lipinski definition) is 2. The van der Waals surface area contributed by atoms with E-state index in [1.165, 1.54) is 71.6 Å². The molecule has 65 heavy (non-hydrogen) atoms. The Morgan fingerprint density at radius 1 is 0.385 bits per heavy atom. The lowest BCUT2D eigenvalue weighted by atomic mass is 9.58. The summed E-state index contributed by atoms with van der Waals surface area (Å²) in [5.41, 5.74) is 18.7. The topological polar surface area (TPSA) is 17.4 Å². The summed E-state index contributed by atoms with van der Waals surface area (Å²) in [5, 5.41) is 4.99. The number of rotatable bonds is 4. The van der Waals surface area contributed by atoms with Gasteiger partial charge in [0.1, 0.15) is 11.5 Å². The van der Waals surface area contributed by atoms with Crippen molar-refractivity contribution in [3.05, 3.63) is 252 Å². The fraction of sp³-hybridized carbons (Fsp3) is 0.0645. The number of anilines is 3. The molecule has 0 amide bonds. The van der Waals surface area contributed by atoms with Crippen LogP contribution >= 0.6 is 0 Å². The molecule has 0 bridgehead atoms. The molecule has 0 atom stereocenters. The number of para-hydroxylation sites is 4. The van der Waals surface area contributed by atoms with Crippen molar-refractivity contribution in [1.82, 2.24) is 4.57 Å². The van der Waals surface area contributed by atoms with Gasteiger partial charge in [0.05, 0.1) is 16.4 Å². The fourth-order valence-corrected chi connectivity index (χ4v) is 12.1. The van der Waals surface area contributed by atoms with Gasteiger partial charge in [0.15, 0.2) is 0 Å². The smallest absolute Gasteiger partial charge is 0.132 e. The van der Waals surface area contributed by atoms with Gasteiger partial charge in [0, 0.05) is 50.1 Å². The Labute approximate surface area is 378 Å². The van der Waals surface area contributed by atoms with Crippen molar-refractivity contribution in [3.63, 3.8) is 0 Å². The summed E-state index contributed by atoms with van der Waals surface area (Å²) in [7, 11) is 0. The molecule has 0 saturated carbocycles. The van der Waals surface area contributed by atoms with Gasteiger partial charge in [-0.2, -0.15) is 0 Å². The molecule has 3 aliphatic rings. The number of hydrogen-bond donors (Lipinski definition) is 0. The summed E-state index contributed by atoms with van der Waals surface area (Å²) in [6.07, 6.45) is 0. The highest BCUT2D eigenvalue weighted by Crippen LogP contribution is 2.62. The molecule has 3 heteroatoms. The lowest BCUT2D eigenvalue weighted by molar-refractivity contribution is 0.435. The molecule has 0 saturated heterocycles. The van der Waals surface area contributed by atoms with E-state index >= 15 is 0 Å². The van der Waals surface area contributed by atoms with E-state index in [0.717, 1.165) is 50.9 Å². The first-order valence-electron chi connectivity index (χ1n) is 22.7. The molecule has 1 aromatic heterocycles. The summed E-state index contributed by atoms with van der Waals surface area (Å²) in [4.78, 5) is 2.44. The zero-order chi connectivity index (χ0) is 43.0. The van der Waals surface area contributed by atoms with E-state index in [1.54, 1.807) is 0 Å². The number of aromatic nitrogens is 1. The molecule has 306 valence electrons. The second-order valence-electron chi connectivity index (χ2n) is 18.4. The first-order valence-corrected chi connectivity index (χ1v) is 22.7. The first kappa shape index (κ1) is 36.4. The molecule has 2 aliphatic carbocycles. The van der Waals surface area contributed by atoms with Crippen LogP contribution in [0.2, 0.25) is 0 Å². The van der Waals surface area contributed by atoms with Crippen molar-refractivity contribution < 1.29 is 4.74 Å². The van der Waals surface area contributed by atoms with Crippen molar-refractivity contribution in [2.45, 2.75) is 24.7 Å². The molecule has 11 aromatic rings. The Balaban J connectivity index is 1.03. The van der Waals surface area contributed by atoms with Crippen molar-refractivity contribution in [2.24, 2.45) is 0 Å². The Kier molecular flexibility index (Phi) is 7.38. The number of benzene rings is 10. The minimum absolute atomic E-state index is 0.0640. The van der Waals surface area contributed by atoms with Crippen LogP contribution in [0.4, 0.5) is 17.1 Å². The van der Waals surface area contributed by atoms with E-state index in [0.29, 0.717) is 0 Å². The number of fused-ring (bicyclic) bond motifs is 14. The predicted molar refractivity (Wildman–Crippen MR) is 268 cm³/mol. The van der Waals surface area contributed by atoms with Crippen LogP contribution in [-0.4, -0.2) is 4.57 Å². The highest BCUT2D eigenvalue weighted by atomic mass is 16.5. The quantitative estimate of drug-likeness (QED) is 0.176. The SMILES string of the molecule is CC1(C)c2ccccc2-c2cc(-n3c4ccccc4c4ccc(N(c5ccccc5)c5ccc6c(c5)C5(c7ccccc7Oc7ccccc75)c5cccc7cccc-6c57)cc43)ccc21. The van der Waals surface area contributed by atoms with Crippen LogP contribution in [0.15, 0.2) is 218 Å². The lowest BCUT2D eigenvalue weighted by Gasteiger charge is -2.45. The Morgan fingerprint density at radius 3 is 1.80 bits per heavy atom. The summed E-state index contributed by atoms with van der Waals surface area (Å²) in [5.74, 6) is 1.77. The molecule has 2 heterocycles. The summed E-state index contributed by atoms with van der Waals surface area (Å²) >= 11 is 0. The second-order valence-corrected chi connectivity index (χ2v) is 18.4. The average molecular weight is 831 g/mol.